The quantitative estimate of drug-likeness (QED) is 0.235. The second-order valence-electron chi connectivity index (χ2n) is 5.79. The van der Waals surface area contributed by atoms with E-state index in [4.69, 9.17) is 4.74 Å². The van der Waals surface area contributed by atoms with Gasteiger partial charge in [0.1, 0.15) is 6.61 Å². The number of ether oxygens (including phenoxy) is 1. The highest BCUT2D eigenvalue weighted by atomic mass is 19.2. The monoisotopic (exact) mass is 388 g/mol. The summed E-state index contributed by atoms with van der Waals surface area (Å²) in [5.41, 5.74) is 0.0959. The van der Waals surface area contributed by atoms with Crippen molar-refractivity contribution in [3.05, 3.63) is 88.8 Å². The third kappa shape index (κ3) is 3.84. The molecule has 3 aromatic carbocycles. The Morgan fingerprint density at radius 1 is 0.857 bits per heavy atom. The van der Waals surface area contributed by atoms with E-state index in [2.05, 4.69) is 11.8 Å². The fourth-order valence-electron chi connectivity index (χ4n) is 2.50. The van der Waals surface area contributed by atoms with Crippen molar-refractivity contribution in [3.63, 3.8) is 0 Å². The molecular formula is C22H13F5O. The van der Waals surface area contributed by atoms with Crippen LogP contribution < -0.4 is 4.74 Å². The minimum absolute atomic E-state index is 0.0996. The number of hydrogen-bond acceptors (Lipinski definition) is 1. The first-order valence-corrected chi connectivity index (χ1v) is 8.23. The number of hydrogen-bond donors (Lipinski definition) is 0. The third-order valence-corrected chi connectivity index (χ3v) is 3.93. The fraction of sp³-hybridized carbons (Fsp3) is 0.0909. The van der Waals surface area contributed by atoms with Gasteiger partial charge in [-0.1, -0.05) is 30.1 Å². The van der Waals surface area contributed by atoms with Crippen LogP contribution >= 0.6 is 0 Å². The molecule has 0 unspecified atom stereocenters. The number of benzene rings is 3. The Balaban J connectivity index is 1.93. The molecule has 0 atom stereocenters. The lowest BCUT2D eigenvalue weighted by Crippen LogP contribution is -1.99. The summed E-state index contributed by atoms with van der Waals surface area (Å²) in [6, 6.07) is 7.32. The Labute approximate surface area is 158 Å². The molecule has 0 radical (unpaired) electrons. The van der Waals surface area contributed by atoms with Gasteiger partial charge >= 0.3 is 0 Å². The van der Waals surface area contributed by atoms with E-state index >= 15 is 0 Å². The van der Waals surface area contributed by atoms with Crippen LogP contribution in [-0.4, -0.2) is 6.61 Å². The van der Waals surface area contributed by atoms with E-state index in [0.29, 0.717) is 5.56 Å². The van der Waals surface area contributed by atoms with Gasteiger partial charge in [0, 0.05) is 10.9 Å². The molecule has 0 aliphatic heterocycles. The fourth-order valence-corrected chi connectivity index (χ4v) is 2.50. The zero-order chi connectivity index (χ0) is 20.3. The largest absolute Gasteiger partial charge is 0.486 e. The molecule has 0 aliphatic carbocycles. The van der Waals surface area contributed by atoms with Crippen LogP contribution in [0.4, 0.5) is 22.0 Å². The lowest BCUT2D eigenvalue weighted by atomic mass is 10.1. The van der Waals surface area contributed by atoms with Crippen LogP contribution in [0.1, 0.15) is 18.1 Å². The zero-order valence-corrected chi connectivity index (χ0v) is 14.6. The van der Waals surface area contributed by atoms with Crippen LogP contribution in [0.15, 0.2) is 48.6 Å². The molecule has 3 aromatic rings. The van der Waals surface area contributed by atoms with Gasteiger partial charge < -0.3 is 4.74 Å². The van der Waals surface area contributed by atoms with E-state index < -0.39 is 29.1 Å². The van der Waals surface area contributed by atoms with Crippen molar-refractivity contribution in [2.45, 2.75) is 6.92 Å². The zero-order valence-electron chi connectivity index (χ0n) is 14.6. The van der Waals surface area contributed by atoms with Crippen LogP contribution in [-0.2, 0) is 0 Å². The maximum atomic E-state index is 14.2. The van der Waals surface area contributed by atoms with Crippen molar-refractivity contribution >= 4 is 10.8 Å². The first-order chi connectivity index (χ1) is 13.4. The Morgan fingerprint density at radius 3 is 2.39 bits per heavy atom. The molecule has 0 aromatic heterocycles. The maximum absolute atomic E-state index is 14.2. The van der Waals surface area contributed by atoms with Crippen LogP contribution in [0.2, 0.25) is 0 Å². The van der Waals surface area contributed by atoms with E-state index in [-0.39, 0.29) is 28.7 Å². The van der Waals surface area contributed by atoms with Crippen molar-refractivity contribution in [1.82, 2.24) is 0 Å². The van der Waals surface area contributed by atoms with Crippen LogP contribution in [0.25, 0.3) is 10.8 Å². The van der Waals surface area contributed by atoms with Crippen molar-refractivity contribution in [2.75, 3.05) is 6.61 Å². The van der Waals surface area contributed by atoms with Crippen LogP contribution in [0, 0.1) is 40.9 Å². The smallest absolute Gasteiger partial charge is 0.201 e. The summed E-state index contributed by atoms with van der Waals surface area (Å²) >= 11 is 0. The molecular weight excluding hydrogens is 375 g/mol. The summed E-state index contributed by atoms with van der Waals surface area (Å²) in [6.45, 7) is 1.87. The molecule has 0 saturated carbocycles. The molecule has 142 valence electrons. The molecule has 0 amide bonds. The van der Waals surface area contributed by atoms with Gasteiger partial charge in [-0.3, -0.25) is 0 Å². The van der Waals surface area contributed by atoms with E-state index in [1.165, 1.54) is 30.3 Å². The Bertz CT molecular complexity index is 1140. The average Bonchev–Trinajstić information content (AvgIpc) is 2.69. The van der Waals surface area contributed by atoms with Gasteiger partial charge in [-0.05, 0) is 42.6 Å². The molecule has 28 heavy (non-hydrogen) atoms. The van der Waals surface area contributed by atoms with E-state index in [0.717, 1.165) is 6.07 Å². The standard InChI is InChI=1S/C22H13F5O/c1-2-3-10-28-18-9-7-14(19(24)22(18)27)6-4-13-5-8-16-15(11-13)12-17(23)21(26)20(16)25/h2-3,5,7-9,11-12H,10H2,1H3/b3-2+. The summed E-state index contributed by atoms with van der Waals surface area (Å²) in [7, 11) is 0. The first-order valence-electron chi connectivity index (χ1n) is 8.23. The summed E-state index contributed by atoms with van der Waals surface area (Å²) < 4.78 is 73.7. The minimum Gasteiger partial charge on any atom is -0.486 e. The Morgan fingerprint density at radius 2 is 1.64 bits per heavy atom. The van der Waals surface area contributed by atoms with Gasteiger partial charge in [0.25, 0.3) is 0 Å². The number of fused-ring (bicyclic) bond motifs is 1. The Kier molecular flexibility index (Phi) is 5.65. The second kappa shape index (κ2) is 8.13. The maximum Gasteiger partial charge on any atom is 0.201 e. The highest BCUT2D eigenvalue weighted by Crippen LogP contribution is 2.25. The van der Waals surface area contributed by atoms with Gasteiger partial charge in [-0.25, -0.2) is 17.6 Å². The molecule has 3 rings (SSSR count). The van der Waals surface area contributed by atoms with Crippen molar-refractivity contribution < 1.29 is 26.7 Å². The van der Waals surface area contributed by atoms with Crippen molar-refractivity contribution in [1.29, 1.82) is 0 Å². The summed E-state index contributed by atoms with van der Waals surface area (Å²) in [5, 5.41) is -0.00751. The number of halogens is 5. The number of rotatable bonds is 3. The highest BCUT2D eigenvalue weighted by Gasteiger charge is 2.14. The predicted octanol–water partition coefficient (Wildman–Crippen LogP) is 5.89. The van der Waals surface area contributed by atoms with Gasteiger partial charge in [-0.2, -0.15) is 4.39 Å². The van der Waals surface area contributed by atoms with Crippen LogP contribution in [0.3, 0.4) is 0 Å². The molecule has 0 heterocycles. The predicted molar refractivity (Wildman–Crippen MR) is 96.5 cm³/mol. The van der Waals surface area contributed by atoms with Crippen molar-refractivity contribution in [3.8, 4) is 17.6 Å². The lowest BCUT2D eigenvalue weighted by Gasteiger charge is -2.06. The topological polar surface area (TPSA) is 9.23 Å². The molecule has 6 heteroatoms. The molecule has 0 spiro atoms. The molecule has 1 nitrogen and oxygen atoms in total. The van der Waals surface area contributed by atoms with E-state index in [1.807, 2.05) is 0 Å². The summed E-state index contributed by atoms with van der Waals surface area (Å²) in [4.78, 5) is 0. The van der Waals surface area contributed by atoms with Crippen molar-refractivity contribution in [2.24, 2.45) is 0 Å². The third-order valence-electron chi connectivity index (χ3n) is 3.93. The van der Waals surface area contributed by atoms with Crippen LogP contribution in [0.5, 0.6) is 5.75 Å². The molecule has 0 aliphatic rings. The van der Waals surface area contributed by atoms with E-state index in [9.17, 15) is 22.0 Å². The molecule has 0 bridgehead atoms. The van der Waals surface area contributed by atoms with Gasteiger partial charge in [0.05, 0.1) is 5.56 Å². The normalized spacial score (nSPS) is 10.9. The lowest BCUT2D eigenvalue weighted by molar-refractivity contribution is 0.332. The number of allylic oxidation sites excluding steroid dienone is 1. The first kappa shape index (κ1) is 19.4. The Hall–Kier alpha value is -3.33. The summed E-state index contributed by atoms with van der Waals surface area (Å²) in [6.07, 6.45) is 3.35. The second-order valence-corrected chi connectivity index (χ2v) is 5.79. The van der Waals surface area contributed by atoms with Gasteiger partial charge in [0.15, 0.2) is 29.0 Å². The molecule has 0 N–H and O–H groups in total. The minimum atomic E-state index is -1.55. The SMILES string of the molecule is C/C=C/COc1ccc(C#Cc2ccc3c(F)c(F)c(F)cc3c2)c(F)c1F. The molecule has 0 saturated heterocycles. The summed E-state index contributed by atoms with van der Waals surface area (Å²) in [5.74, 6) is -1.66. The van der Waals surface area contributed by atoms with Gasteiger partial charge in [0.2, 0.25) is 5.82 Å². The average molecular weight is 388 g/mol. The highest BCUT2D eigenvalue weighted by molar-refractivity contribution is 5.84. The molecule has 0 fully saturated rings. The van der Waals surface area contributed by atoms with Gasteiger partial charge in [-0.15, -0.1) is 0 Å². The van der Waals surface area contributed by atoms with E-state index in [1.54, 1.807) is 19.1 Å².